The lowest BCUT2D eigenvalue weighted by Gasteiger charge is -2.11. The molecular weight excluding hydrogens is 248 g/mol. The third-order valence-corrected chi connectivity index (χ3v) is 2.56. The number of carbonyl (C=O) groups is 1. The van der Waals surface area contributed by atoms with Gasteiger partial charge in [0.1, 0.15) is 12.4 Å². The Balaban J connectivity index is 1.96. The van der Waals surface area contributed by atoms with Crippen LogP contribution < -0.4 is 11.1 Å². The summed E-state index contributed by atoms with van der Waals surface area (Å²) in [6.45, 7) is 2.06. The summed E-state index contributed by atoms with van der Waals surface area (Å²) in [4.78, 5) is 11.5. The van der Waals surface area contributed by atoms with Crippen molar-refractivity contribution in [2.24, 2.45) is 5.73 Å². The number of carbonyl (C=O) groups excluding carboxylic acids is 1. The van der Waals surface area contributed by atoms with Crippen molar-refractivity contribution < 1.29 is 18.7 Å². The highest BCUT2D eigenvalue weighted by atomic mass is 16.5. The van der Waals surface area contributed by atoms with Gasteiger partial charge >= 0.3 is 0 Å². The maximum Gasteiger partial charge on any atom is 0.237 e. The van der Waals surface area contributed by atoms with Gasteiger partial charge in [-0.3, -0.25) is 4.79 Å². The van der Waals surface area contributed by atoms with E-state index >= 15 is 0 Å². The second kappa shape index (κ2) is 9.55. The molecule has 6 nitrogen and oxygen atoms in total. The maximum absolute atomic E-state index is 11.5. The van der Waals surface area contributed by atoms with E-state index in [-0.39, 0.29) is 5.91 Å². The normalized spacial score (nSPS) is 12.3. The van der Waals surface area contributed by atoms with Crippen LogP contribution in [0.1, 0.15) is 18.6 Å². The molecule has 1 amide bonds. The van der Waals surface area contributed by atoms with E-state index in [4.69, 9.17) is 19.6 Å². The molecule has 0 spiro atoms. The molecule has 6 heteroatoms. The van der Waals surface area contributed by atoms with Gasteiger partial charge in [0.2, 0.25) is 5.91 Å². The number of furan rings is 1. The van der Waals surface area contributed by atoms with E-state index in [9.17, 15) is 4.79 Å². The Bertz CT molecular complexity index is 340. The molecule has 0 saturated carbocycles. The number of nitrogens with one attached hydrogen (secondary N) is 1. The molecule has 1 heterocycles. The number of hydrogen-bond acceptors (Lipinski definition) is 5. The van der Waals surface area contributed by atoms with E-state index in [0.717, 1.165) is 12.2 Å². The minimum absolute atomic E-state index is 0.150. The lowest BCUT2D eigenvalue weighted by molar-refractivity contribution is -0.122. The van der Waals surface area contributed by atoms with Gasteiger partial charge in [-0.05, 0) is 25.0 Å². The molecular formula is C13H22N2O4. The van der Waals surface area contributed by atoms with Crippen LogP contribution in [0, 0.1) is 0 Å². The van der Waals surface area contributed by atoms with Gasteiger partial charge in [-0.2, -0.15) is 0 Å². The molecule has 0 aliphatic carbocycles. The number of nitrogens with two attached hydrogens (primary N) is 1. The Morgan fingerprint density at radius 2 is 2.37 bits per heavy atom. The van der Waals surface area contributed by atoms with Crippen molar-refractivity contribution in [2.75, 3.05) is 26.9 Å². The molecule has 0 aliphatic rings. The zero-order chi connectivity index (χ0) is 13.9. The highest BCUT2D eigenvalue weighted by molar-refractivity contribution is 5.81. The van der Waals surface area contributed by atoms with Crippen molar-refractivity contribution in [3.63, 3.8) is 0 Å². The van der Waals surface area contributed by atoms with Gasteiger partial charge < -0.3 is 24.9 Å². The predicted octanol–water partition coefficient (Wildman–Crippen LogP) is 0.666. The summed E-state index contributed by atoms with van der Waals surface area (Å²) in [6.07, 6.45) is 2.88. The average molecular weight is 270 g/mol. The van der Waals surface area contributed by atoms with Crippen LogP contribution in [0.15, 0.2) is 22.8 Å². The largest absolute Gasteiger partial charge is 0.467 e. The fourth-order valence-corrected chi connectivity index (χ4v) is 1.46. The monoisotopic (exact) mass is 270 g/mol. The van der Waals surface area contributed by atoms with Gasteiger partial charge in [0.15, 0.2) is 0 Å². The van der Waals surface area contributed by atoms with E-state index < -0.39 is 6.04 Å². The summed E-state index contributed by atoms with van der Waals surface area (Å²) in [5.41, 5.74) is 5.67. The van der Waals surface area contributed by atoms with Gasteiger partial charge in [-0.15, -0.1) is 0 Å². The molecule has 1 aromatic heterocycles. The van der Waals surface area contributed by atoms with Crippen LogP contribution in [0.5, 0.6) is 0 Å². The van der Waals surface area contributed by atoms with Crippen molar-refractivity contribution in [1.29, 1.82) is 0 Å². The fourth-order valence-electron chi connectivity index (χ4n) is 1.46. The first kappa shape index (κ1) is 15.7. The first-order valence-corrected chi connectivity index (χ1v) is 6.36. The Morgan fingerprint density at radius 1 is 1.53 bits per heavy atom. The van der Waals surface area contributed by atoms with Crippen LogP contribution in [-0.4, -0.2) is 38.8 Å². The van der Waals surface area contributed by atoms with Crippen molar-refractivity contribution in [1.82, 2.24) is 5.32 Å². The number of hydrogen-bond donors (Lipinski definition) is 2. The molecule has 1 unspecified atom stereocenters. The molecule has 0 aliphatic heterocycles. The van der Waals surface area contributed by atoms with Crippen molar-refractivity contribution in [3.8, 4) is 0 Å². The summed E-state index contributed by atoms with van der Waals surface area (Å²) in [5.74, 6) is 0.647. The molecule has 0 fully saturated rings. The molecule has 1 rings (SSSR count). The number of ether oxygens (including phenoxy) is 2. The smallest absolute Gasteiger partial charge is 0.237 e. The van der Waals surface area contributed by atoms with E-state index in [1.165, 1.54) is 0 Å². The molecule has 1 aromatic rings. The predicted molar refractivity (Wildman–Crippen MR) is 70.5 cm³/mol. The van der Waals surface area contributed by atoms with Gasteiger partial charge in [0.05, 0.1) is 12.3 Å². The van der Waals surface area contributed by atoms with E-state index in [1.54, 1.807) is 13.4 Å². The number of rotatable bonds is 10. The minimum atomic E-state index is -0.510. The quantitative estimate of drug-likeness (QED) is 0.610. The molecule has 19 heavy (non-hydrogen) atoms. The summed E-state index contributed by atoms with van der Waals surface area (Å²) < 4.78 is 15.4. The van der Waals surface area contributed by atoms with Crippen LogP contribution >= 0.6 is 0 Å². The summed E-state index contributed by atoms with van der Waals surface area (Å²) in [5, 5.41) is 2.76. The van der Waals surface area contributed by atoms with E-state index in [0.29, 0.717) is 32.8 Å². The highest BCUT2D eigenvalue weighted by Gasteiger charge is 2.11. The second-order valence-electron chi connectivity index (χ2n) is 4.16. The average Bonchev–Trinajstić information content (AvgIpc) is 2.92. The third kappa shape index (κ3) is 6.95. The second-order valence-corrected chi connectivity index (χ2v) is 4.16. The van der Waals surface area contributed by atoms with Gasteiger partial charge in [-0.25, -0.2) is 0 Å². The van der Waals surface area contributed by atoms with Gasteiger partial charge in [-0.1, -0.05) is 0 Å². The van der Waals surface area contributed by atoms with Crippen LogP contribution in [0.2, 0.25) is 0 Å². The molecule has 1 atom stereocenters. The Kier molecular flexibility index (Phi) is 7.88. The Labute approximate surface area is 113 Å². The first-order chi connectivity index (χ1) is 9.24. The fraction of sp³-hybridized carbons (Fsp3) is 0.615. The molecule has 0 bridgehead atoms. The molecule has 108 valence electrons. The molecule has 3 N–H and O–H groups in total. The lowest BCUT2D eigenvalue weighted by atomic mass is 10.2. The lowest BCUT2D eigenvalue weighted by Crippen LogP contribution is -2.41. The van der Waals surface area contributed by atoms with Gasteiger partial charge in [0.25, 0.3) is 0 Å². The Morgan fingerprint density at radius 3 is 3.05 bits per heavy atom. The minimum Gasteiger partial charge on any atom is -0.467 e. The van der Waals surface area contributed by atoms with Crippen molar-refractivity contribution in [3.05, 3.63) is 24.2 Å². The number of amides is 1. The molecule has 0 radical (unpaired) electrons. The molecule has 0 saturated heterocycles. The zero-order valence-corrected chi connectivity index (χ0v) is 11.3. The van der Waals surface area contributed by atoms with Crippen LogP contribution in [0.25, 0.3) is 0 Å². The standard InChI is InChI=1S/C13H22N2O4/c1-17-9-5-12(14)13(16)15-6-3-7-18-10-11-4-2-8-19-11/h2,4,8,12H,3,5-7,9-10,14H2,1H3,(H,15,16). The van der Waals surface area contributed by atoms with E-state index in [1.807, 2.05) is 12.1 Å². The molecule has 0 aromatic carbocycles. The van der Waals surface area contributed by atoms with Crippen LogP contribution in [-0.2, 0) is 20.9 Å². The van der Waals surface area contributed by atoms with Crippen LogP contribution in [0.3, 0.4) is 0 Å². The van der Waals surface area contributed by atoms with E-state index in [2.05, 4.69) is 5.32 Å². The van der Waals surface area contributed by atoms with Crippen molar-refractivity contribution >= 4 is 5.91 Å². The topological polar surface area (TPSA) is 86.7 Å². The van der Waals surface area contributed by atoms with Gasteiger partial charge in [0, 0.05) is 26.9 Å². The van der Waals surface area contributed by atoms with Crippen molar-refractivity contribution in [2.45, 2.75) is 25.5 Å². The zero-order valence-electron chi connectivity index (χ0n) is 11.3. The summed E-state index contributed by atoms with van der Waals surface area (Å²) in [6, 6.07) is 3.17. The number of methoxy groups -OCH3 is 1. The third-order valence-electron chi connectivity index (χ3n) is 2.56. The first-order valence-electron chi connectivity index (χ1n) is 6.36. The Hall–Kier alpha value is -1.37. The SMILES string of the molecule is COCCC(N)C(=O)NCCCOCc1ccco1. The maximum atomic E-state index is 11.5. The summed E-state index contributed by atoms with van der Waals surface area (Å²) in [7, 11) is 1.58. The highest BCUT2D eigenvalue weighted by Crippen LogP contribution is 2.01. The summed E-state index contributed by atoms with van der Waals surface area (Å²) >= 11 is 0. The van der Waals surface area contributed by atoms with Crippen LogP contribution in [0.4, 0.5) is 0 Å².